The van der Waals surface area contributed by atoms with Gasteiger partial charge >= 0.3 is 0 Å². The van der Waals surface area contributed by atoms with E-state index in [1.165, 1.54) is 6.42 Å². The minimum atomic E-state index is -1.09. The fourth-order valence-electron chi connectivity index (χ4n) is 5.54. The van der Waals surface area contributed by atoms with Gasteiger partial charge in [-0.1, -0.05) is 44.4 Å². The normalized spacial score (nSPS) is 27.6. The van der Waals surface area contributed by atoms with Crippen LogP contribution in [0.25, 0.3) is 10.2 Å². The number of carbonyl (C=O) groups excluding carboxylic acids is 2. The van der Waals surface area contributed by atoms with Gasteiger partial charge in [-0.2, -0.15) is 0 Å². The number of thiophene rings is 1. The van der Waals surface area contributed by atoms with Crippen LogP contribution < -0.4 is 10.2 Å². The number of hydrogen-bond acceptors (Lipinski definition) is 3. The van der Waals surface area contributed by atoms with Crippen molar-refractivity contribution in [2.24, 2.45) is 11.8 Å². The zero-order valence-corrected chi connectivity index (χ0v) is 21.1. The maximum Gasteiger partial charge on any atom is 0.275 e. The highest BCUT2D eigenvalue weighted by atomic mass is 35.5. The quantitative estimate of drug-likeness (QED) is 0.494. The molecule has 1 saturated carbocycles. The molecule has 0 bridgehead atoms. The average Bonchev–Trinajstić information content (AvgIpc) is 3.37. The number of rotatable bonds is 3. The summed E-state index contributed by atoms with van der Waals surface area (Å²) in [6.45, 7) is 8.67. The van der Waals surface area contributed by atoms with Crippen molar-refractivity contribution < 1.29 is 9.59 Å². The number of aromatic nitrogens is 1. The van der Waals surface area contributed by atoms with Crippen LogP contribution in [0.15, 0.2) is 35.7 Å². The highest BCUT2D eigenvalue weighted by molar-refractivity contribution is 7.17. The molecule has 5 nitrogen and oxygen atoms in total. The number of carbonyl (C=O) groups is 2. The number of nitrogens with zero attached hydrogens (tertiary/aromatic N) is 2. The Morgan fingerprint density at radius 1 is 1.24 bits per heavy atom. The Hall–Kier alpha value is -2.31. The van der Waals surface area contributed by atoms with E-state index in [9.17, 15) is 9.59 Å². The molecule has 2 aliphatic rings. The van der Waals surface area contributed by atoms with Crippen molar-refractivity contribution in [2.45, 2.75) is 65.1 Å². The lowest BCUT2D eigenvalue weighted by atomic mass is 9.77. The van der Waals surface area contributed by atoms with Gasteiger partial charge in [-0.05, 0) is 67.3 Å². The summed E-state index contributed by atoms with van der Waals surface area (Å²) >= 11 is 8.06. The second kappa shape index (κ2) is 8.17. The lowest BCUT2D eigenvalue weighted by molar-refractivity contribution is -0.128. The number of benzene rings is 1. The number of hydrogen-bond donors (Lipinski definition) is 1. The van der Waals surface area contributed by atoms with Crippen LogP contribution in [-0.4, -0.2) is 28.0 Å². The van der Waals surface area contributed by atoms with E-state index in [4.69, 9.17) is 11.6 Å². The fraction of sp³-hybridized carbons (Fsp3) is 0.462. The molecule has 0 saturated heterocycles. The summed E-state index contributed by atoms with van der Waals surface area (Å²) in [5.74, 6) is 0.692. The Kier molecular flexibility index (Phi) is 5.57. The van der Waals surface area contributed by atoms with Crippen molar-refractivity contribution in [3.8, 4) is 0 Å². The monoisotopic (exact) mass is 483 g/mol. The Labute approximate surface area is 203 Å². The van der Waals surface area contributed by atoms with Crippen LogP contribution >= 0.6 is 22.9 Å². The van der Waals surface area contributed by atoms with Crippen molar-refractivity contribution in [3.05, 3.63) is 52.0 Å². The van der Waals surface area contributed by atoms with Gasteiger partial charge in [0.2, 0.25) is 5.91 Å². The molecule has 1 N–H and O–H groups in total. The van der Waals surface area contributed by atoms with Crippen LogP contribution in [0.5, 0.6) is 0 Å². The Bertz CT molecular complexity index is 1250. The largest absolute Gasteiger partial charge is 0.351 e. The maximum atomic E-state index is 14.0. The summed E-state index contributed by atoms with van der Waals surface area (Å²) in [5, 5.41) is 5.96. The zero-order chi connectivity index (χ0) is 23.5. The molecule has 174 valence electrons. The first-order chi connectivity index (χ1) is 15.7. The number of fused-ring (bicyclic) bond motifs is 3. The van der Waals surface area contributed by atoms with Crippen LogP contribution in [0.3, 0.4) is 0 Å². The average molecular weight is 484 g/mol. The number of nitrogens with one attached hydrogen (secondary N) is 1. The third kappa shape index (κ3) is 3.50. The Balaban J connectivity index is 1.61. The summed E-state index contributed by atoms with van der Waals surface area (Å²) < 4.78 is 3.07. The minimum absolute atomic E-state index is 0.107. The molecular weight excluding hydrogens is 454 g/mol. The van der Waals surface area contributed by atoms with E-state index in [0.29, 0.717) is 34.8 Å². The lowest BCUT2D eigenvalue weighted by Crippen LogP contribution is -2.66. The smallest absolute Gasteiger partial charge is 0.275 e. The first-order valence-electron chi connectivity index (χ1n) is 11.7. The van der Waals surface area contributed by atoms with Crippen LogP contribution in [-0.2, 0) is 11.3 Å². The standard InChI is InChI=1S/C26H30ClN3O2S/c1-15-7-5-9-19(16(15)2)28-25(32)26(4)14-29-21-11-12-33-23(21)13-22(29)24(31)30(26)20-10-6-8-18(27)17(20)3/h6,8,10-13,15-16,19H,5,7,9,14H2,1-4H3,(H,28,32). The van der Waals surface area contributed by atoms with Crippen LogP contribution in [0.1, 0.15) is 56.1 Å². The topological polar surface area (TPSA) is 54.3 Å². The third-order valence-electron chi connectivity index (χ3n) is 7.90. The summed E-state index contributed by atoms with van der Waals surface area (Å²) in [4.78, 5) is 29.7. The third-order valence-corrected chi connectivity index (χ3v) is 9.16. The highest BCUT2D eigenvalue weighted by Crippen LogP contribution is 2.40. The molecule has 1 aliphatic carbocycles. The van der Waals surface area contributed by atoms with Crippen LogP contribution in [0.2, 0.25) is 5.02 Å². The van der Waals surface area contributed by atoms with E-state index < -0.39 is 5.54 Å². The van der Waals surface area contributed by atoms with E-state index in [2.05, 4.69) is 19.2 Å². The molecule has 3 heterocycles. The van der Waals surface area contributed by atoms with Crippen molar-refractivity contribution in [1.82, 2.24) is 9.88 Å². The SMILES string of the molecule is Cc1c(Cl)cccc1N1C(=O)c2cc3sccc3n2CC1(C)C(=O)NC1CCCC(C)C1C. The molecule has 1 aliphatic heterocycles. The van der Waals surface area contributed by atoms with Gasteiger partial charge in [0.05, 0.1) is 16.8 Å². The highest BCUT2D eigenvalue weighted by Gasteiger charge is 2.50. The summed E-state index contributed by atoms with van der Waals surface area (Å²) in [7, 11) is 0. The van der Waals surface area contributed by atoms with Gasteiger partial charge in [-0.3, -0.25) is 14.5 Å². The minimum Gasteiger partial charge on any atom is -0.351 e. The van der Waals surface area contributed by atoms with E-state index in [1.807, 2.05) is 54.1 Å². The Morgan fingerprint density at radius 3 is 2.82 bits per heavy atom. The predicted molar refractivity (Wildman–Crippen MR) is 135 cm³/mol. The van der Waals surface area contributed by atoms with Gasteiger partial charge in [-0.15, -0.1) is 11.3 Å². The molecule has 7 heteroatoms. The Morgan fingerprint density at radius 2 is 2.03 bits per heavy atom. The zero-order valence-electron chi connectivity index (χ0n) is 19.5. The second-order valence-corrected chi connectivity index (χ2v) is 11.3. The molecule has 0 radical (unpaired) electrons. The summed E-state index contributed by atoms with van der Waals surface area (Å²) in [6.07, 6.45) is 3.28. The molecule has 5 rings (SSSR count). The van der Waals surface area contributed by atoms with E-state index in [0.717, 1.165) is 28.6 Å². The molecule has 33 heavy (non-hydrogen) atoms. The van der Waals surface area contributed by atoms with Crippen LogP contribution in [0, 0.1) is 18.8 Å². The van der Waals surface area contributed by atoms with Gasteiger partial charge in [0, 0.05) is 16.8 Å². The van der Waals surface area contributed by atoms with Gasteiger partial charge < -0.3 is 9.88 Å². The predicted octanol–water partition coefficient (Wildman–Crippen LogP) is 6.02. The molecule has 3 aromatic rings. The van der Waals surface area contributed by atoms with Crippen molar-refractivity contribution in [2.75, 3.05) is 4.90 Å². The molecule has 0 spiro atoms. The molecule has 4 unspecified atom stereocenters. The number of halogens is 1. The number of anilines is 1. The summed E-state index contributed by atoms with van der Waals surface area (Å²) in [6, 6.07) is 9.63. The second-order valence-electron chi connectivity index (χ2n) is 9.93. The molecule has 1 aromatic carbocycles. The molecule has 4 atom stereocenters. The molecule has 1 fully saturated rings. The van der Waals surface area contributed by atoms with Gasteiger partial charge in [0.25, 0.3) is 5.91 Å². The van der Waals surface area contributed by atoms with E-state index in [-0.39, 0.29) is 17.9 Å². The summed E-state index contributed by atoms with van der Waals surface area (Å²) in [5.41, 5.74) is 2.01. The molecular formula is C26H30ClN3O2S. The van der Waals surface area contributed by atoms with E-state index >= 15 is 0 Å². The van der Waals surface area contributed by atoms with Crippen molar-refractivity contribution >= 4 is 50.7 Å². The van der Waals surface area contributed by atoms with Gasteiger partial charge in [-0.25, -0.2) is 0 Å². The van der Waals surface area contributed by atoms with Crippen molar-refractivity contribution in [3.63, 3.8) is 0 Å². The fourth-order valence-corrected chi connectivity index (χ4v) is 6.53. The van der Waals surface area contributed by atoms with E-state index in [1.54, 1.807) is 16.2 Å². The van der Waals surface area contributed by atoms with Gasteiger partial charge in [0.1, 0.15) is 11.2 Å². The maximum absolute atomic E-state index is 14.0. The van der Waals surface area contributed by atoms with Gasteiger partial charge in [0.15, 0.2) is 0 Å². The lowest BCUT2D eigenvalue weighted by Gasteiger charge is -2.46. The first-order valence-corrected chi connectivity index (χ1v) is 13.0. The first kappa shape index (κ1) is 22.5. The number of amides is 2. The molecule has 2 amide bonds. The van der Waals surface area contributed by atoms with Crippen molar-refractivity contribution in [1.29, 1.82) is 0 Å². The molecule has 2 aromatic heterocycles. The van der Waals surface area contributed by atoms with Crippen LogP contribution in [0.4, 0.5) is 5.69 Å².